The number of para-hydroxylation sites is 1. The number of hydrogen-bond acceptors (Lipinski definition) is 3. The Balaban J connectivity index is 1.80. The van der Waals surface area contributed by atoms with Gasteiger partial charge in [0.2, 0.25) is 0 Å². The molecule has 0 saturated carbocycles. The van der Waals surface area contributed by atoms with Gasteiger partial charge in [0.25, 0.3) is 0 Å². The molecule has 1 unspecified atom stereocenters. The summed E-state index contributed by atoms with van der Waals surface area (Å²) in [5.41, 5.74) is 3.78. The molecule has 2 nitrogen and oxygen atoms in total. The monoisotopic (exact) mass is 282 g/mol. The first-order valence-electron chi connectivity index (χ1n) is 6.91. The van der Waals surface area contributed by atoms with E-state index >= 15 is 0 Å². The lowest BCUT2D eigenvalue weighted by Crippen LogP contribution is -2.09. The number of aryl methyl sites for hydroxylation is 1. The van der Waals surface area contributed by atoms with Crippen molar-refractivity contribution in [3.8, 4) is 0 Å². The molecule has 3 rings (SSSR count). The van der Waals surface area contributed by atoms with E-state index in [1.807, 2.05) is 30.1 Å². The number of aromatic nitrogens is 1. The zero-order chi connectivity index (χ0) is 13.8. The van der Waals surface area contributed by atoms with Crippen molar-refractivity contribution >= 4 is 17.4 Å². The third-order valence-corrected chi connectivity index (χ3v) is 4.60. The molecule has 1 aromatic carbocycles. The molecule has 102 valence electrons. The maximum atomic E-state index is 4.54. The third kappa shape index (κ3) is 2.73. The van der Waals surface area contributed by atoms with Gasteiger partial charge < -0.3 is 5.32 Å². The van der Waals surface area contributed by atoms with E-state index in [4.69, 9.17) is 0 Å². The van der Waals surface area contributed by atoms with Crippen molar-refractivity contribution in [2.45, 2.75) is 23.8 Å². The molecule has 0 fully saturated rings. The van der Waals surface area contributed by atoms with E-state index in [-0.39, 0.29) is 0 Å². The first-order chi connectivity index (χ1) is 9.88. The van der Waals surface area contributed by atoms with Crippen molar-refractivity contribution in [1.29, 1.82) is 0 Å². The number of rotatable bonds is 5. The van der Waals surface area contributed by atoms with E-state index in [0.29, 0.717) is 6.04 Å². The smallest absolute Gasteiger partial charge is 0.0691 e. The van der Waals surface area contributed by atoms with Gasteiger partial charge in [-0.1, -0.05) is 24.3 Å². The number of fused-ring (bicyclic) bond motifs is 1. The lowest BCUT2D eigenvalue weighted by atomic mass is 10.2. The molecule has 1 aliphatic carbocycles. The molecule has 1 N–H and O–H groups in total. The van der Waals surface area contributed by atoms with Crippen molar-refractivity contribution < 1.29 is 0 Å². The largest absolute Gasteiger partial charge is 0.376 e. The van der Waals surface area contributed by atoms with Crippen LogP contribution in [0.1, 0.15) is 23.7 Å². The van der Waals surface area contributed by atoms with Gasteiger partial charge in [-0.05, 0) is 36.6 Å². The fourth-order valence-electron chi connectivity index (χ4n) is 2.60. The number of thioether (sulfide) groups is 1. The summed E-state index contributed by atoms with van der Waals surface area (Å²) in [5.74, 6) is 0.929. The van der Waals surface area contributed by atoms with Gasteiger partial charge in [-0.25, -0.2) is 0 Å². The summed E-state index contributed by atoms with van der Waals surface area (Å²) < 4.78 is 0. The lowest BCUT2D eigenvalue weighted by molar-refractivity contribution is 0.743. The fourth-order valence-corrected chi connectivity index (χ4v) is 3.36. The van der Waals surface area contributed by atoms with Crippen LogP contribution in [0.25, 0.3) is 0 Å². The summed E-state index contributed by atoms with van der Waals surface area (Å²) >= 11 is 1.81. The summed E-state index contributed by atoms with van der Waals surface area (Å²) in [6.45, 7) is 3.79. The van der Waals surface area contributed by atoms with E-state index in [9.17, 15) is 0 Å². The molecule has 0 saturated heterocycles. The van der Waals surface area contributed by atoms with Crippen LogP contribution >= 0.6 is 11.8 Å². The number of anilines is 1. The maximum absolute atomic E-state index is 4.54. The second kappa shape index (κ2) is 6.14. The van der Waals surface area contributed by atoms with E-state index in [2.05, 4.69) is 47.2 Å². The molecule has 1 aromatic heterocycles. The zero-order valence-electron chi connectivity index (χ0n) is 11.4. The quantitative estimate of drug-likeness (QED) is 0.647. The molecule has 1 aliphatic rings. The average molecular weight is 282 g/mol. The van der Waals surface area contributed by atoms with Crippen LogP contribution in [0.5, 0.6) is 0 Å². The van der Waals surface area contributed by atoms with Crippen molar-refractivity contribution in [2.75, 3.05) is 11.1 Å². The second-order valence-corrected chi connectivity index (χ2v) is 5.94. The van der Waals surface area contributed by atoms with Gasteiger partial charge in [-0.2, -0.15) is 0 Å². The Hall–Kier alpha value is -1.74. The van der Waals surface area contributed by atoms with Crippen LogP contribution in [0, 0.1) is 0 Å². The molecular formula is C17H18N2S. The maximum Gasteiger partial charge on any atom is 0.0691 e. The molecule has 1 atom stereocenters. The Bertz CT molecular complexity index is 609. The minimum atomic E-state index is 0.330. The summed E-state index contributed by atoms with van der Waals surface area (Å²) in [4.78, 5) is 5.82. The molecule has 0 bridgehead atoms. The number of pyridine rings is 1. The van der Waals surface area contributed by atoms with Gasteiger partial charge in [-0.3, -0.25) is 4.98 Å². The Morgan fingerprint density at radius 3 is 3.10 bits per heavy atom. The van der Waals surface area contributed by atoms with Crippen molar-refractivity contribution in [2.24, 2.45) is 0 Å². The summed E-state index contributed by atoms with van der Waals surface area (Å²) in [7, 11) is 0. The highest BCUT2D eigenvalue weighted by Gasteiger charge is 2.23. The van der Waals surface area contributed by atoms with Crippen LogP contribution in [-0.2, 0) is 6.42 Å². The summed E-state index contributed by atoms with van der Waals surface area (Å²) in [6.07, 6.45) is 6.06. The molecular weight excluding hydrogens is 264 g/mol. The van der Waals surface area contributed by atoms with Gasteiger partial charge in [0.15, 0.2) is 0 Å². The van der Waals surface area contributed by atoms with Gasteiger partial charge in [0.1, 0.15) is 0 Å². The van der Waals surface area contributed by atoms with Gasteiger partial charge in [0, 0.05) is 22.5 Å². The minimum Gasteiger partial charge on any atom is -0.376 e. The standard InChI is InChI=1S/C17H18N2S/c1-2-12-20-16-8-4-3-7-14(16)19-15-10-9-13-6-5-11-18-17(13)15/h2-8,11,15,19H,1,9-10,12H2. The molecule has 0 radical (unpaired) electrons. The number of hydrogen-bond donors (Lipinski definition) is 1. The number of benzene rings is 1. The van der Waals surface area contributed by atoms with Gasteiger partial charge >= 0.3 is 0 Å². The number of nitrogens with zero attached hydrogens (tertiary/aromatic N) is 1. The molecule has 3 heteroatoms. The Morgan fingerprint density at radius 2 is 2.20 bits per heavy atom. The van der Waals surface area contributed by atoms with Crippen LogP contribution in [0.15, 0.2) is 60.1 Å². The number of nitrogens with one attached hydrogen (secondary N) is 1. The second-order valence-electron chi connectivity index (χ2n) is 4.88. The van der Waals surface area contributed by atoms with Crippen LogP contribution in [0.2, 0.25) is 0 Å². The third-order valence-electron chi connectivity index (χ3n) is 3.53. The van der Waals surface area contributed by atoms with Gasteiger partial charge in [0.05, 0.1) is 11.7 Å². The fraction of sp³-hybridized carbons (Fsp3) is 0.235. The highest BCUT2D eigenvalue weighted by atomic mass is 32.2. The van der Waals surface area contributed by atoms with E-state index in [0.717, 1.165) is 18.6 Å². The van der Waals surface area contributed by atoms with Crippen LogP contribution in [0.3, 0.4) is 0 Å². The Morgan fingerprint density at radius 1 is 1.30 bits per heavy atom. The first kappa shape index (κ1) is 13.3. The Labute approximate surface area is 124 Å². The summed E-state index contributed by atoms with van der Waals surface area (Å²) in [5, 5.41) is 3.66. The predicted molar refractivity (Wildman–Crippen MR) is 86.3 cm³/mol. The van der Waals surface area contributed by atoms with E-state index in [1.54, 1.807) is 0 Å². The molecule has 20 heavy (non-hydrogen) atoms. The molecule has 0 aliphatic heterocycles. The minimum absolute atomic E-state index is 0.330. The topological polar surface area (TPSA) is 24.9 Å². The lowest BCUT2D eigenvalue weighted by Gasteiger charge is -2.17. The first-order valence-corrected chi connectivity index (χ1v) is 7.90. The van der Waals surface area contributed by atoms with Crippen molar-refractivity contribution in [3.63, 3.8) is 0 Å². The normalized spacial score (nSPS) is 16.7. The molecule has 0 amide bonds. The SMILES string of the molecule is C=CCSc1ccccc1NC1CCc2cccnc21. The predicted octanol–water partition coefficient (Wildman–Crippen LogP) is 4.46. The van der Waals surface area contributed by atoms with Crippen LogP contribution < -0.4 is 5.32 Å². The van der Waals surface area contributed by atoms with Crippen molar-refractivity contribution in [3.05, 3.63) is 66.5 Å². The van der Waals surface area contributed by atoms with Crippen molar-refractivity contribution in [1.82, 2.24) is 4.98 Å². The molecule has 1 heterocycles. The zero-order valence-corrected chi connectivity index (χ0v) is 12.2. The Kier molecular flexibility index (Phi) is 4.07. The highest BCUT2D eigenvalue weighted by Crippen LogP contribution is 2.35. The van der Waals surface area contributed by atoms with E-state index in [1.165, 1.54) is 21.8 Å². The van der Waals surface area contributed by atoms with Crippen LogP contribution in [-0.4, -0.2) is 10.7 Å². The summed E-state index contributed by atoms with van der Waals surface area (Å²) in [6, 6.07) is 13.0. The molecule has 2 aromatic rings. The van der Waals surface area contributed by atoms with Gasteiger partial charge in [-0.15, -0.1) is 18.3 Å². The molecule has 0 spiro atoms. The average Bonchev–Trinajstić information content (AvgIpc) is 2.90. The highest BCUT2D eigenvalue weighted by molar-refractivity contribution is 7.99. The van der Waals surface area contributed by atoms with Crippen LogP contribution in [0.4, 0.5) is 5.69 Å². The van der Waals surface area contributed by atoms with E-state index < -0.39 is 0 Å².